The fraction of sp³-hybridized carbons (Fsp3) is 0.500. The maximum Gasteiger partial charge on any atom is 0.343 e. The highest BCUT2D eigenvalue weighted by Crippen LogP contribution is 2.32. The van der Waals surface area contributed by atoms with Crippen molar-refractivity contribution in [3.63, 3.8) is 0 Å². The number of hydrogen-bond donors (Lipinski definition) is 0. The van der Waals surface area contributed by atoms with Crippen molar-refractivity contribution in [1.82, 2.24) is 4.31 Å². The molecule has 0 bridgehead atoms. The van der Waals surface area contributed by atoms with Crippen LogP contribution in [-0.4, -0.2) is 44.1 Å². The topological polar surface area (TPSA) is 63.7 Å². The van der Waals surface area contributed by atoms with E-state index in [0.29, 0.717) is 3.57 Å². The molecular weight excluding hydrogens is 504 g/mol. The van der Waals surface area contributed by atoms with E-state index in [1.807, 2.05) is 22.6 Å². The second kappa shape index (κ2) is 7.32. The van der Waals surface area contributed by atoms with Crippen LogP contribution in [0.15, 0.2) is 27.6 Å². The smallest absolute Gasteiger partial charge is 0.343 e. The first-order valence-corrected chi connectivity index (χ1v) is 10.3. The van der Waals surface area contributed by atoms with Crippen molar-refractivity contribution >= 4 is 54.5 Å². The Morgan fingerprint density at radius 3 is 2.57 bits per heavy atom. The van der Waals surface area contributed by atoms with Gasteiger partial charge in [-0.05, 0) is 47.7 Å². The Morgan fingerprint density at radius 2 is 2.04 bits per heavy atom. The third-order valence-corrected chi connectivity index (χ3v) is 7.38. The van der Waals surface area contributed by atoms with E-state index in [-0.39, 0.29) is 37.4 Å². The van der Waals surface area contributed by atoms with Crippen molar-refractivity contribution in [2.45, 2.75) is 30.3 Å². The lowest BCUT2D eigenvalue weighted by Gasteiger charge is -2.34. The van der Waals surface area contributed by atoms with Crippen molar-refractivity contribution in [2.24, 2.45) is 0 Å². The molecule has 0 unspecified atom stereocenters. The molecule has 0 saturated carbocycles. The normalized spacial score (nSPS) is 18.6. The molecule has 1 saturated heterocycles. The maximum atomic E-state index is 14.5. The number of carbonyl (C=O) groups is 1. The van der Waals surface area contributed by atoms with E-state index in [1.165, 1.54) is 10.4 Å². The fourth-order valence-corrected chi connectivity index (χ4v) is 5.99. The highest BCUT2D eigenvalue weighted by molar-refractivity contribution is 14.1. The Labute approximate surface area is 156 Å². The summed E-state index contributed by atoms with van der Waals surface area (Å²) in [5.41, 5.74) is -2.10. The molecule has 0 aliphatic carbocycles. The van der Waals surface area contributed by atoms with Crippen LogP contribution < -0.4 is 0 Å². The third-order valence-electron chi connectivity index (χ3n) is 3.67. The summed E-state index contributed by atoms with van der Waals surface area (Å²) in [6, 6.07) is 4.87. The lowest BCUT2D eigenvalue weighted by Crippen LogP contribution is -2.49. The summed E-state index contributed by atoms with van der Waals surface area (Å²) in [6.07, 6.45) is -0.393. The Bertz CT molecular complexity index is 705. The summed E-state index contributed by atoms with van der Waals surface area (Å²) in [4.78, 5) is 11.9. The minimum absolute atomic E-state index is 0.0518. The van der Waals surface area contributed by atoms with Crippen molar-refractivity contribution in [2.75, 3.05) is 19.7 Å². The fourth-order valence-electron chi connectivity index (χ4n) is 2.37. The minimum atomic E-state index is -3.71. The van der Waals surface area contributed by atoms with Crippen molar-refractivity contribution < 1.29 is 22.3 Å². The number of alkyl halides is 1. The molecule has 0 spiro atoms. The van der Waals surface area contributed by atoms with Crippen LogP contribution >= 0.6 is 38.5 Å². The molecule has 1 fully saturated rings. The van der Waals surface area contributed by atoms with Crippen LogP contribution in [0.4, 0.5) is 4.39 Å². The quantitative estimate of drug-likeness (QED) is 0.453. The van der Waals surface area contributed by atoms with Crippen molar-refractivity contribution in [3.05, 3.63) is 26.2 Å². The maximum absolute atomic E-state index is 14.5. The summed E-state index contributed by atoms with van der Waals surface area (Å²) in [5, 5.41) is 0. The number of benzene rings is 1. The molecule has 2 rings (SSSR count). The van der Waals surface area contributed by atoms with Crippen molar-refractivity contribution in [1.29, 1.82) is 0 Å². The van der Waals surface area contributed by atoms with Gasteiger partial charge in [0.2, 0.25) is 15.7 Å². The van der Waals surface area contributed by atoms with Crippen LogP contribution in [0.2, 0.25) is 0 Å². The van der Waals surface area contributed by atoms with E-state index in [0.717, 1.165) is 4.47 Å². The van der Waals surface area contributed by atoms with Gasteiger partial charge in [0, 0.05) is 34.0 Å². The number of ether oxygens (including phenoxy) is 1. The number of rotatable bonds is 4. The summed E-state index contributed by atoms with van der Waals surface area (Å²) >= 11 is 5.24. The van der Waals surface area contributed by atoms with E-state index in [2.05, 4.69) is 15.9 Å². The lowest BCUT2D eigenvalue weighted by molar-refractivity contribution is -0.160. The monoisotopic (exact) mass is 519 g/mol. The van der Waals surface area contributed by atoms with Gasteiger partial charge in [0.1, 0.15) is 0 Å². The molecule has 1 aromatic rings. The molecule has 0 amide bonds. The average Bonchev–Trinajstić information content (AvgIpc) is 2.47. The number of halogens is 3. The zero-order chi connectivity index (χ0) is 17.3. The molecule has 1 aliphatic heterocycles. The lowest BCUT2D eigenvalue weighted by atomic mass is 9.95. The van der Waals surface area contributed by atoms with Gasteiger partial charge < -0.3 is 4.74 Å². The van der Waals surface area contributed by atoms with Crippen LogP contribution in [0.1, 0.15) is 19.8 Å². The Morgan fingerprint density at radius 1 is 1.43 bits per heavy atom. The predicted octanol–water partition coefficient (Wildman–Crippen LogP) is 3.11. The Balaban J connectivity index is 2.17. The molecule has 0 atom stereocenters. The van der Waals surface area contributed by atoms with Crippen LogP contribution in [-0.2, 0) is 19.6 Å². The van der Waals surface area contributed by atoms with Crippen molar-refractivity contribution in [3.8, 4) is 0 Å². The molecule has 0 N–H and O–H groups in total. The summed E-state index contributed by atoms with van der Waals surface area (Å²) < 4.78 is 47.2. The van der Waals surface area contributed by atoms with E-state index < -0.39 is 21.7 Å². The van der Waals surface area contributed by atoms with Gasteiger partial charge >= 0.3 is 5.97 Å². The Kier molecular flexibility index (Phi) is 6.07. The number of hydrogen-bond acceptors (Lipinski definition) is 4. The average molecular weight is 520 g/mol. The summed E-state index contributed by atoms with van der Waals surface area (Å²) in [5.74, 6) is -0.907. The van der Waals surface area contributed by atoms with Crippen LogP contribution in [0, 0.1) is 3.57 Å². The van der Waals surface area contributed by atoms with Gasteiger partial charge in [0.25, 0.3) is 0 Å². The summed E-state index contributed by atoms with van der Waals surface area (Å²) in [7, 11) is -3.71. The van der Waals surface area contributed by atoms with Gasteiger partial charge in [-0.15, -0.1) is 0 Å². The molecule has 128 valence electrons. The first-order valence-electron chi connectivity index (χ1n) is 7.02. The van der Waals surface area contributed by atoms with Gasteiger partial charge in [-0.1, -0.05) is 15.9 Å². The first kappa shape index (κ1) is 19.1. The molecular formula is C14H16BrFINO4S. The van der Waals surface area contributed by atoms with Crippen LogP contribution in [0.5, 0.6) is 0 Å². The second-order valence-corrected chi connectivity index (χ2v) is 9.15. The molecule has 5 nitrogen and oxygen atoms in total. The van der Waals surface area contributed by atoms with Gasteiger partial charge in [0.05, 0.1) is 11.5 Å². The molecule has 0 radical (unpaired) electrons. The highest BCUT2D eigenvalue weighted by atomic mass is 127. The zero-order valence-electron chi connectivity index (χ0n) is 12.4. The van der Waals surface area contributed by atoms with E-state index in [1.54, 1.807) is 19.1 Å². The van der Waals surface area contributed by atoms with E-state index >= 15 is 0 Å². The minimum Gasteiger partial charge on any atom is -0.464 e. The molecule has 9 heteroatoms. The molecule has 0 aromatic heterocycles. The second-order valence-electron chi connectivity index (χ2n) is 5.16. The predicted molar refractivity (Wildman–Crippen MR) is 95.3 cm³/mol. The number of piperidine rings is 1. The van der Waals surface area contributed by atoms with Gasteiger partial charge in [-0.2, -0.15) is 4.31 Å². The van der Waals surface area contributed by atoms with Crippen LogP contribution in [0.3, 0.4) is 0 Å². The number of sulfonamides is 1. The number of esters is 1. The van der Waals surface area contributed by atoms with Gasteiger partial charge in [-0.25, -0.2) is 17.6 Å². The molecule has 1 aliphatic rings. The number of carbonyl (C=O) groups excluding carboxylic acids is 1. The SMILES string of the molecule is CCOC(=O)C1(F)CCN(S(=O)(=O)c2ccc(Br)cc2I)CC1. The molecule has 1 aromatic carbocycles. The molecule has 23 heavy (non-hydrogen) atoms. The van der Waals surface area contributed by atoms with Gasteiger partial charge in [0.15, 0.2) is 0 Å². The van der Waals surface area contributed by atoms with Crippen LogP contribution in [0.25, 0.3) is 0 Å². The Hall–Kier alpha value is -0.260. The first-order chi connectivity index (χ1) is 10.7. The zero-order valence-corrected chi connectivity index (χ0v) is 16.9. The largest absolute Gasteiger partial charge is 0.464 e. The third kappa shape index (κ3) is 4.05. The van der Waals surface area contributed by atoms with Gasteiger partial charge in [-0.3, -0.25) is 0 Å². The highest BCUT2D eigenvalue weighted by Gasteiger charge is 2.45. The number of nitrogens with zero attached hydrogens (tertiary/aromatic N) is 1. The van der Waals surface area contributed by atoms with E-state index in [4.69, 9.17) is 4.74 Å². The molecule has 1 heterocycles. The summed E-state index contributed by atoms with van der Waals surface area (Å²) in [6.45, 7) is 1.60. The standard InChI is InChI=1S/C14H16BrFINO4S/c1-2-22-13(19)14(16)5-7-18(8-6-14)23(20,21)12-4-3-10(15)9-11(12)17/h3-4,9H,2,5-8H2,1H3. The van der Waals surface area contributed by atoms with E-state index in [9.17, 15) is 17.6 Å².